The van der Waals surface area contributed by atoms with Crippen LogP contribution in [0.4, 0.5) is 0 Å². The van der Waals surface area contributed by atoms with Crippen molar-refractivity contribution in [2.75, 3.05) is 0 Å². The molecule has 16 heavy (non-hydrogen) atoms. The van der Waals surface area contributed by atoms with Crippen molar-refractivity contribution < 1.29 is 8.85 Å². The number of allylic oxidation sites excluding steroid dienone is 1. The van der Waals surface area contributed by atoms with E-state index in [9.17, 15) is 0 Å². The van der Waals surface area contributed by atoms with Crippen LogP contribution in [0.5, 0.6) is 0 Å². The second kappa shape index (κ2) is 5.06. The molecule has 0 amide bonds. The van der Waals surface area contributed by atoms with Crippen LogP contribution in [0.2, 0.25) is 39.3 Å². The first-order valence-electron chi connectivity index (χ1n) is 5.89. The maximum Gasteiger partial charge on any atom is 0.241 e. The average Bonchev–Trinajstić information content (AvgIpc) is 1.70. The predicted octanol–water partition coefficient (Wildman–Crippen LogP) is 4.37. The molecule has 96 valence electrons. The molecule has 0 bridgehead atoms. The van der Waals surface area contributed by atoms with E-state index in [1.54, 1.807) is 0 Å². The largest absolute Gasteiger partial charge is 0.548 e. The Bertz CT molecular complexity index is 257. The van der Waals surface area contributed by atoms with Gasteiger partial charge in [-0.3, -0.25) is 0 Å². The molecule has 0 unspecified atom stereocenters. The minimum Gasteiger partial charge on any atom is -0.548 e. The number of hydrogen-bond acceptors (Lipinski definition) is 2. The van der Waals surface area contributed by atoms with Crippen LogP contribution in [-0.4, -0.2) is 22.2 Å². The van der Waals surface area contributed by atoms with Gasteiger partial charge in [0.2, 0.25) is 8.32 Å². The van der Waals surface area contributed by atoms with Gasteiger partial charge in [0.15, 0.2) is 8.32 Å². The molecule has 0 aliphatic carbocycles. The summed E-state index contributed by atoms with van der Waals surface area (Å²) < 4.78 is 12.0. The predicted molar refractivity (Wildman–Crippen MR) is 76.7 cm³/mol. The monoisotopic (exact) mass is 260 g/mol. The first-order chi connectivity index (χ1) is 6.81. The Morgan fingerprint density at radius 1 is 0.938 bits per heavy atom. The summed E-state index contributed by atoms with van der Waals surface area (Å²) in [7, 11) is -3.00. The highest BCUT2D eigenvalue weighted by Gasteiger charge is 2.26. The molecular weight excluding hydrogens is 232 g/mol. The third-order valence-corrected chi connectivity index (χ3v) is 3.66. The van der Waals surface area contributed by atoms with Gasteiger partial charge in [-0.15, -0.1) is 0 Å². The van der Waals surface area contributed by atoms with Crippen LogP contribution >= 0.6 is 0 Å². The minimum atomic E-state index is -1.51. The number of rotatable bonds is 5. The van der Waals surface area contributed by atoms with Crippen molar-refractivity contribution in [1.82, 2.24) is 0 Å². The van der Waals surface area contributed by atoms with Crippen molar-refractivity contribution in [3.8, 4) is 0 Å². The van der Waals surface area contributed by atoms with E-state index < -0.39 is 16.6 Å². The third kappa shape index (κ3) is 9.18. The second-order valence-corrected chi connectivity index (χ2v) is 15.6. The highest BCUT2D eigenvalue weighted by atomic mass is 28.4. The Balaban J connectivity index is 4.61. The molecule has 0 rings (SSSR count). The standard InChI is InChI=1S/C12H28O2Si2/c1-11(13-15(4,5)6)10-12(2,3)14-16(7,8)9/h10H,1-9H3/b11-10+. The lowest BCUT2D eigenvalue weighted by atomic mass is 10.1. The van der Waals surface area contributed by atoms with Crippen LogP contribution in [0.25, 0.3) is 0 Å². The van der Waals surface area contributed by atoms with Crippen molar-refractivity contribution in [2.24, 2.45) is 0 Å². The van der Waals surface area contributed by atoms with E-state index >= 15 is 0 Å². The van der Waals surface area contributed by atoms with Crippen LogP contribution in [0, 0.1) is 0 Å². The van der Waals surface area contributed by atoms with Gasteiger partial charge in [0.1, 0.15) is 0 Å². The molecule has 0 aromatic carbocycles. The first-order valence-corrected chi connectivity index (χ1v) is 12.7. The normalized spacial score (nSPS) is 15.2. The van der Waals surface area contributed by atoms with Gasteiger partial charge < -0.3 is 8.85 Å². The summed E-state index contributed by atoms with van der Waals surface area (Å²) in [4.78, 5) is 0. The van der Waals surface area contributed by atoms with Crippen LogP contribution in [-0.2, 0) is 8.85 Å². The summed E-state index contributed by atoms with van der Waals surface area (Å²) in [5, 5.41) is 0. The van der Waals surface area contributed by atoms with Gasteiger partial charge in [-0.2, -0.15) is 0 Å². The molecule has 0 fully saturated rings. The Kier molecular flexibility index (Phi) is 5.04. The van der Waals surface area contributed by atoms with Gasteiger partial charge in [0, 0.05) is 0 Å². The average molecular weight is 261 g/mol. The molecule has 0 N–H and O–H groups in total. The van der Waals surface area contributed by atoms with Crippen LogP contribution in [0.3, 0.4) is 0 Å². The molecule has 0 aliphatic heterocycles. The van der Waals surface area contributed by atoms with Crippen LogP contribution < -0.4 is 0 Å². The zero-order chi connectivity index (χ0) is 13.2. The zero-order valence-electron chi connectivity index (χ0n) is 12.4. The SMILES string of the molecule is C/C(=C\C(C)(C)O[Si](C)(C)C)O[Si](C)(C)C. The summed E-state index contributed by atoms with van der Waals surface area (Å²) in [5.41, 5.74) is -0.228. The van der Waals surface area contributed by atoms with Gasteiger partial charge in [0.05, 0.1) is 11.4 Å². The fraction of sp³-hybridized carbons (Fsp3) is 0.833. The molecule has 0 atom stereocenters. The molecule has 0 aliphatic rings. The lowest BCUT2D eigenvalue weighted by molar-refractivity contribution is 0.149. The molecule has 0 spiro atoms. The summed E-state index contributed by atoms with van der Waals surface area (Å²) in [5.74, 6) is 0.988. The smallest absolute Gasteiger partial charge is 0.241 e. The van der Waals surface area contributed by atoms with E-state index in [2.05, 4.69) is 59.2 Å². The van der Waals surface area contributed by atoms with E-state index in [4.69, 9.17) is 8.85 Å². The van der Waals surface area contributed by atoms with Gasteiger partial charge in [-0.25, -0.2) is 0 Å². The number of hydrogen-bond donors (Lipinski definition) is 0. The molecule has 4 heteroatoms. The maximum atomic E-state index is 6.11. The molecular formula is C12H28O2Si2. The second-order valence-electron chi connectivity index (χ2n) is 6.79. The van der Waals surface area contributed by atoms with Crippen molar-refractivity contribution in [3.63, 3.8) is 0 Å². The fourth-order valence-corrected chi connectivity index (χ4v) is 4.48. The molecule has 0 saturated heterocycles. The summed E-state index contributed by atoms with van der Waals surface area (Å²) >= 11 is 0. The first kappa shape index (κ1) is 15.9. The molecule has 0 aromatic heterocycles. The van der Waals surface area contributed by atoms with Crippen molar-refractivity contribution in [2.45, 2.75) is 65.7 Å². The lowest BCUT2D eigenvalue weighted by Gasteiger charge is -2.31. The van der Waals surface area contributed by atoms with Gasteiger partial charge in [-0.1, -0.05) is 0 Å². The Morgan fingerprint density at radius 3 is 1.69 bits per heavy atom. The van der Waals surface area contributed by atoms with Gasteiger partial charge >= 0.3 is 0 Å². The third-order valence-electron chi connectivity index (χ3n) is 1.59. The Labute approximate surface area is 103 Å². The summed E-state index contributed by atoms with van der Waals surface area (Å²) in [6.07, 6.45) is 2.10. The quantitative estimate of drug-likeness (QED) is 0.540. The molecule has 0 saturated carbocycles. The van der Waals surface area contributed by atoms with E-state index in [-0.39, 0.29) is 5.60 Å². The molecule has 0 aromatic rings. The fourth-order valence-electron chi connectivity index (χ4n) is 1.82. The van der Waals surface area contributed by atoms with E-state index in [1.807, 2.05) is 6.92 Å². The van der Waals surface area contributed by atoms with Crippen molar-refractivity contribution in [3.05, 3.63) is 11.8 Å². The van der Waals surface area contributed by atoms with Crippen LogP contribution in [0.15, 0.2) is 11.8 Å². The summed E-state index contributed by atoms with van der Waals surface area (Å²) in [6, 6.07) is 0. The molecule has 0 heterocycles. The van der Waals surface area contributed by atoms with Crippen LogP contribution in [0.1, 0.15) is 20.8 Å². The van der Waals surface area contributed by atoms with E-state index in [0.29, 0.717) is 0 Å². The minimum absolute atomic E-state index is 0.228. The highest BCUT2D eigenvalue weighted by molar-refractivity contribution is 6.70. The Hall–Kier alpha value is -0.0662. The summed E-state index contributed by atoms with van der Waals surface area (Å²) in [6.45, 7) is 19.4. The molecule has 2 nitrogen and oxygen atoms in total. The lowest BCUT2D eigenvalue weighted by Crippen LogP contribution is -2.37. The zero-order valence-corrected chi connectivity index (χ0v) is 14.4. The van der Waals surface area contributed by atoms with Gasteiger partial charge in [-0.05, 0) is 66.1 Å². The Morgan fingerprint density at radius 2 is 1.38 bits per heavy atom. The van der Waals surface area contributed by atoms with Crippen molar-refractivity contribution in [1.29, 1.82) is 0 Å². The van der Waals surface area contributed by atoms with Gasteiger partial charge in [0.25, 0.3) is 0 Å². The molecule has 0 radical (unpaired) electrons. The van der Waals surface area contributed by atoms with Crippen molar-refractivity contribution >= 4 is 16.6 Å². The van der Waals surface area contributed by atoms with E-state index in [1.165, 1.54) is 0 Å². The highest BCUT2D eigenvalue weighted by Crippen LogP contribution is 2.21. The maximum absolute atomic E-state index is 6.11. The topological polar surface area (TPSA) is 18.5 Å². The van der Waals surface area contributed by atoms with E-state index in [0.717, 1.165) is 5.76 Å².